The van der Waals surface area contributed by atoms with Crippen molar-refractivity contribution >= 4 is 5.82 Å². The van der Waals surface area contributed by atoms with Crippen LogP contribution in [0.4, 0.5) is 19.0 Å². The molecule has 2 heterocycles. The van der Waals surface area contributed by atoms with E-state index >= 15 is 0 Å². The molecule has 0 radical (unpaired) electrons. The van der Waals surface area contributed by atoms with Gasteiger partial charge in [-0.3, -0.25) is 4.57 Å². The van der Waals surface area contributed by atoms with Gasteiger partial charge >= 0.3 is 18.2 Å². The summed E-state index contributed by atoms with van der Waals surface area (Å²) in [7, 11) is 0. The molecular weight excluding hydrogens is 519 g/mol. The van der Waals surface area contributed by atoms with E-state index in [0.29, 0.717) is 18.9 Å². The maximum Gasteiger partial charge on any atom is 0.573 e. The lowest BCUT2D eigenvalue weighted by atomic mass is 10.0. The Bertz CT molecular complexity index is 1420. The molecule has 1 aliphatic heterocycles. The fraction of sp³-hybridized carbons (Fsp3) is 0.222. The Labute approximate surface area is 220 Å². The van der Waals surface area contributed by atoms with Crippen molar-refractivity contribution in [2.24, 2.45) is 0 Å². The number of hydrogen-bond acceptors (Lipinski definition) is 7. The van der Waals surface area contributed by atoms with Crippen LogP contribution in [0.25, 0.3) is 11.1 Å². The summed E-state index contributed by atoms with van der Waals surface area (Å²) < 4.78 is 59.3. The van der Waals surface area contributed by atoms with Gasteiger partial charge in [-0.15, -0.1) is 13.2 Å². The molecule has 0 saturated heterocycles. The van der Waals surface area contributed by atoms with E-state index in [-0.39, 0.29) is 36.9 Å². The number of fused-ring (bicyclic) bond motifs is 1. The zero-order valence-corrected chi connectivity index (χ0v) is 20.3. The molecule has 9 nitrogen and oxygen atoms in total. The van der Waals surface area contributed by atoms with E-state index < -0.39 is 11.3 Å². The minimum absolute atomic E-state index is 0.220. The van der Waals surface area contributed by atoms with Crippen molar-refractivity contribution in [3.8, 4) is 28.6 Å². The third-order valence-electron chi connectivity index (χ3n) is 5.90. The van der Waals surface area contributed by atoms with E-state index in [1.165, 1.54) is 30.5 Å². The number of rotatable bonds is 9. The van der Waals surface area contributed by atoms with Crippen LogP contribution in [0.2, 0.25) is 0 Å². The van der Waals surface area contributed by atoms with Crippen molar-refractivity contribution in [2.75, 3.05) is 6.61 Å². The Morgan fingerprint density at radius 1 is 0.923 bits per heavy atom. The van der Waals surface area contributed by atoms with Crippen LogP contribution in [-0.2, 0) is 24.5 Å². The molecule has 0 unspecified atom stereocenters. The van der Waals surface area contributed by atoms with Crippen LogP contribution in [-0.4, -0.2) is 33.5 Å². The van der Waals surface area contributed by atoms with Crippen molar-refractivity contribution in [3.05, 3.63) is 100 Å². The molecule has 0 spiro atoms. The molecule has 1 atom stereocenters. The molecule has 0 saturated carbocycles. The van der Waals surface area contributed by atoms with E-state index in [4.69, 9.17) is 14.2 Å². The Kier molecular flexibility index (Phi) is 7.37. The van der Waals surface area contributed by atoms with Gasteiger partial charge in [0.15, 0.2) is 0 Å². The fourth-order valence-corrected chi connectivity index (χ4v) is 3.97. The SMILES string of the molecule is O=[N+]([O-])c1cn2c(n1)OC[C@@H](OCc1ccc(-c3ccc(COc4ccc(OC(F)(F)F)cc4)cc3)cc1)C2. The summed E-state index contributed by atoms with van der Waals surface area (Å²) >= 11 is 0. The standard InChI is InChI=1S/C27H22F3N3O6/c28-27(29,30)39-23-11-9-22(10-12-23)36-15-18-1-5-20(6-2-18)21-7-3-19(4-8-21)16-37-24-13-32-14-25(33(34)35)31-26(32)38-17-24/h1-12,14,24H,13,15-17H2/t24-/m0/s1. The van der Waals surface area contributed by atoms with E-state index in [9.17, 15) is 23.3 Å². The van der Waals surface area contributed by atoms with Gasteiger partial charge in [0.1, 0.15) is 37.0 Å². The highest BCUT2D eigenvalue weighted by Gasteiger charge is 2.31. The molecule has 0 bridgehead atoms. The van der Waals surface area contributed by atoms with Gasteiger partial charge in [0.25, 0.3) is 0 Å². The van der Waals surface area contributed by atoms with Crippen LogP contribution in [0.5, 0.6) is 17.5 Å². The molecule has 3 aromatic carbocycles. The number of aromatic nitrogens is 2. The van der Waals surface area contributed by atoms with Crippen LogP contribution in [0.15, 0.2) is 79.0 Å². The molecule has 1 aromatic heterocycles. The Morgan fingerprint density at radius 3 is 2.10 bits per heavy atom. The number of imidazole rings is 1. The summed E-state index contributed by atoms with van der Waals surface area (Å²) in [6.45, 7) is 1.30. The second-order valence-corrected chi connectivity index (χ2v) is 8.74. The lowest BCUT2D eigenvalue weighted by molar-refractivity contribution is -0.389. The summed E-state index contributed by atoms with van der Waals surface area (Å²) in [5, 5.41) is 10.9. The molecule has 1 aliphatic rings. The van der Waals surface area contributed by atoms with E-state index in [1.54, 1.807) is 4.57 Å². The monoisotopic (exact) mass is 541 g/mol. The van der Waals surface area contributed by atoms with Gasteiger partial charge in [-0.2, -0.15) is 0 Å². The molecular formula is C27H22F3N3O6. The van der Waals surface area contributed by atoms with E-state index in [2.05, 4.69) is 9.72 Å². The summed E-state index contributed by atoms with van der Waals surface area (Å²) in [5.74, 6) is -0.130. The maximum atomic E-state index is 12.3. The molecule has 0 aliphatic carbocycles. The average molecular weight is 541 g/mol. The second-order valence-electron chi connectivity index (χ2n) is 8.74. The molecule has 4 aromatic rings. The van der Waals surface area contributed by atoms with E-state index in [1.807, 2.05) is 48.5 Å². The largest absolute Gasteiger partial charge is 0.573 e. The highest BCUT2D eigenvalue weighted by Crippen LogP contribution is 2.26. The Balaban J connectivity index is 1.10. The zero-order chi connectivity index (χ0) is 27.4. The van der Waals surface area contributed by atoms with Gasteiger partial charge in [0, 0.05) is 4.98 Å². The molecule has 39 heavy (non-hydrogen) atoms. The van der Waals surface area contributed by atoms with Crippen LogP contribution in [0.3, 0.4) is 0 Å². The summed E-state index contributed by atoms with van der Waals surface area (Å²) in [6, 6.07) is 21.1. The van der Waals surface area contributed by atoms with Crippen molar-refractivity contribution in [1.82, 2.24) is 9.55 Å². The van der Waals surface area contributed by atoms with Crippen molar-refractivity contribution in [3.63, 3.8) is 0 Å². The first kappa shape index (κ1) is 26.0. The number of nitrogens with zero attached hydrogens (tertiary/aromatic N) is 3. The maximum absolute atomic E-state index is 12.3. The molecule has 5 rings (SSSR count). The highest BCUT2D eigenvalue weighted by molar-refractivity contribution is 5.63. The predicted molar refractivity (Wildman–Crippen MR) is 132 cm³/mol. The number of ether oxygens (including phenoxy) is 4. The molecule has 0 fully saturated rings. The molecule has 0 amide bonds. The van der Waals surface area contributed by atoms with Gasteiger partial charge in [-0.1, -0.05) is 48.5 Å². The molecule has 12 heteroatoms. The summed E-state index contributed by atoms with van der Waals surface area (Å²) in [6.07, 6.45) is -3.65. The number of benzene rings is 3. The smallest absolute Gasteiger partial charge is 0.489 e. The summed E-state index contributed by atoms with van der Waals surface area (Å²) in [4.78, 5) is 14.2. The quantitative estimate of drug-likeness (QED) is 0.192. The zero-order valence-electron chi connectivity index (χ0n) is 20.3. The Hall–Kier alpha value is -4.58. The highest BCUT2D eigenvalue weighted by atomic mass is 19.4. The predicted octanol–water partition coefficient (Wildman–Crippen LogP) is 5.91. The van der Waals surface area contributed by atoms with Crippen LogP contribution >= 0.6 is 0 Å². The number of alkyl halides is 3. The Morgan fingerprint density at radius 2 is 1.51 bits per heavy atom. The molecule has 202 valence electrons. The van der Waals surface area contributed by atoms with Gasteiger partial charge in [-0.25, -0.2) is 0 Å². The van der Waals surface area contributed by atoms with E-state index in [0.717, 1.165) is 22.3 Å². The average Bonchev–Trinajstić information content (AvgIpc) is 3.35. The first-order valence-corrected chi connectivity index (χ1v) is 11.8. The van der Waals surface area contributed by atoms with Gasteiger partial charge in [0.05, 0.1) is 13.2 Å². The first-order chi connectivity index (χ1) is 18.7. The minimum atomic E-state index is -4.73. The lowest BCUT2D eigenvalue weighted by Gasteiger charge is -2.22. The van der Waals surface area contributed by atoms with Crippen LogP contribution in [0, 0.1) is 10.1 Å². The normalized spacial score (nSPS) is 14.8. The first-order valence-electron chi connectivity index (χ1n) is 11.8. The number of halogens is 3. The van der Waals surface area contributed by atoms with Gasteiger partial charge in [-0.05, 0) is 51.4 Å². The van der Waals surface area contributed by atoms with Crippen molar-refractivity contribution in [1.29, 1.82) is 0 Å². The van der Waals surface area contributed by atoms with Crippen LogP contribution in [0.1, 0.15) is 11.1 Å². The van der Waals surface area contributed by atoms with Gasteiger partial charge in [0.2, 0.25) is 0 Å². The van der Waals surface area contributed by atoms with Crippen molar-refractivity contribution < 1.29 is 37.0 Å². The second kappa shape index (κ2) is 11.0. The molecule has 0 N–H and O–H groups in total. The number of nitro groups is 1. The third kappa shape index (κ3) is 6.85. The summed E-state index contributed by atoms with van der Waals surface area (Å²) in [5.41, 5.74) is 3.90. The minimum Gasteiger partial charge on any atom is -0.489 e. The lowest BCUT2D eigenvalue weighted by Crippen LogP contribution is -2.32. The van der Waals surface area contributed by atoms with Crippen molar-refractivity contribution in [2.45, 2.75) is 32.2 Å². The fourth-order valence-electron chi connectivity index (χ4n) is 3.97. The van der Waals surface area contributed by atoms with Gasteiger partial charge < -0.3 is 29.1 Å². The topological polar surface area (TPSA) is 97.9 Å². The number of hydrogen-bond donors (Lipinski definition) is 0. The van der Waals surface area contributed by atoms with Crippen LogP contribution < -0.4 is 14.2 Å². The third-order valence-corrected chi connectivity index (χ3v) is 5.90.